The first-order valence-electron chi connectivity index (χ1n) is 9.14. The Balaban J connectivity index is 1.91. The fourth-order valence-corrected chi connectivity index (χ4v) is 4.09. The van der Waals surface area contributed by atoms with E-state index in [-0.39, 0.29) is 0 Å². The van der Waals surface area contributed by atoms with E-state index < -0.39 is 0 Å². The molecule has 0 saturated heterocycles. The summed E-state index contributed by atoms with van der Waals surface area (Å²) in [5.41, 5.74) is 5.63. The first-order valence-corrected chi connectivity index (χ1v) is 9.14. The minimum Gasteiger partial charge on any atom is -0.307 e. The van der Waals surface area contributed by atoms with Gasteiger partial charge < -0.3 is 4.57 Å². The summed E-state index contributed by atoms with van der Waals surface area (Å²) in [6.07, 6.45) is 3.08. The van der Waals surface area contributed by atoms with Gasteiger partial charge in [-0.25, -0.2) is 15.0 Å². The van der Waals surface area contributed by atoms with Crippen molar-refractivity contribution in [2.45, 2.75) is 0 Å². The topological polar surface area (TPSA) is 48.5 Å². The quantitative estimate of drug-likeness (QED) is 0.440. The number of hydrogen-bond donors (Lipinski definition) is 0. The Morgan fingerprint density at radius 2 is 1.07 bits per heavy atom. The molecule has 0 aliphatic carbocycles. The number of nitrogens with zero attached hydrogens (tertiary/aromatic N) is 5. The zero-order valence-electron chi connectivity index (χ0n) is 14.9. The van der Waals surface area contributed by atoms with Gasteiger partial charge in [-0.15, -0.1) is 0 Å². The molecular formula is C23H15N5. The Kier molecular flexibility index (Phi) is 3.10. The minimum atomic E-state index is 0.622. The lowest BCUT2D eigenvalue weighted by molar-refractivity contribution is 0.941. The summed E-state index contributed by atoms with van der Waals surface area (Å²) in [6.45, 7) is 0. The Morgan fingerprint density at radius 3 is 1.75 bits per heavy atom. The highest BCUT2D eigenvalue weighted by molar-refractivity contribution is 6.19. The fraction of sp³-hybridized carbons (Fsp3) is 0. The first kappa shape index (κ1) is 15.1. The molecular weight excluding hydrogens is 346 g/mol. The van der Waals surface area contributed by atoms with E-state index in [0.717, 1.165) is 38.5 Å². The maximum absolute atomic E-state index is 4.44. The highest BCUT2D eigenvalue weighted by Gasteiger charge is 2.22. The molecule has 5 heteroatoms. The molecule has 3 aromatic carbocycles. The van der Waals surface area contributed by atoms with Gasteiger partial charge in [0, 0.05) is 16.5 Å². The SMILES string of the molecule is c1ccc(-n2c3ccccc3c3c2c2ccccc2n3-c2ncncn2)cc1. The highest BCUT2D eigenvalue weighted by atomic mass is 15.2. The molecule has 0 aliphatic heterocycles. The third kappa shape index (κ3) is 1.98. The van der Waals surface area contributed by atoms with E-state index in [1.54, 1.807) is 12.7 Å². The number of benzene rings is 3. The Bertz CT molecular complexity index is 1330. The lowest BCUT2D eigenvalue weighted by atomic mass is 10.2. The minimum absolute atomic E-state index is 0.622. The average Bonchev–Trinajstić information content (AvgIpc) is 3.28. The third-order valence-electron chi connectivity index (χ3n) is 5.17. The van der Waals surface area contributed by atoms with Gasteiger partial charge in [-0.05, 0) is 24.3 Å². The van der Waals surface area contributed by atoms with Crippen LogP contribution in [0.2, 0.25) is 0 Å². The zero-order chi connectivity index (χ0) is 18.5. The second kappa shape index (κ2) is 5.76. The highest BCUT2D eigenvalue weighted by Crippen LogP contribution is 2.39. The van der Waals surface area contributed by atoms with Crippen LogP contribution in [-0.2, 0) is 0 Å². The summed E-state index contributed by atoms with van der Waals surface area (Å²) in [4.78, 5) is 12.9. The summed E-state index contributed by atoms with van der Waals surface area (Å²) in [7, 11) is 0. The number of aromatic nitrogens is 5. The molecule has 0 amide bonds. The Labute approximate surface area is 160 Å². The lowest BCUT2D eigenvalue weighted by Crippen LogP contribution is -2.00. The monoisotopic (exact) mass is 361 g/mol. The molecule has 3 aromatic heterocycles. The van der Waals surface area contributed by atoms with E-state index in [9.17, 15) is 0 Å². The summed E-state index contributed by atoms with van der Waals surface area (Å²) in [5, 5.41) is 2.33. The van der Waals surface area contributed by atoms with Gasteiger partial charge in [0.25, 0.3) is 0 Å². The van der Waals surface area contributed by atoms with Gasteiger partial charge in [0.2, 0.25) is 5.95 Å². The van der Waals surface area contributed by atoms with Gasteiger partial charge in [0.15, 0.2) is 0 Å². The molecule has 0 unspecified atom stereocenters. The van der Waals surface area contributed by atoms with Crippen molar-refractivity contribution in [3.8, 4) is 11.6 Å². The second-order valence-corrected chi connectivity index (χ2v) is 6.68. The third-order valence-corrected chi connectivity index (χ3v) is 5.17. The molecule has 0 N–H and O–H groups in total. The number of rotatable bonds is 2. The van der Waals surface area contributed by atoms with Crippen LogP contribution in [0.25, 0.3) is 44.5 Å². The van der Waals surface area contributed by atoms with Gasteiger partial charge >= 0.3 is 0 Å². The van der Waals surface area contributed by atoms with Gasteiger partial charge in [-0.2, -0.15) is 0 Å². The van der Waals surface area contributed by atoms with Crippen molar-refractivity contribution in [3.05, 3.63) is 91.5 Å². The summed E-state index contributed by atoms with van der Waals surface area (Å²) in [5.74, 6) is 0.622. The van der Waals surface area contributed by atoms with Crippen molar-refractivity contribution in [1.29, 1.82) is 0 Å². The molecule has 3 heterocycles. The zero-order valence-corrected chi connectivity index (χ0v) is 14.9. The number of para-hydroxylation sites is 3. The van der Waals surface area contributed by atoms with E-state index in [0.29, 0.717) is 5.95 Å². The average molecular weight is 361 g/mol. The second-order valence-electron chi connectivity index (χ2n) is 6.68. The van der Waals surface area contributed by atoms with Crippen LogP contribution < -0.4 is 0 Å². The smallest absolute Gasteiger partial charge is 0.237 e. The van der Waals surface area contributed by atoms with E-state index >= 15 is 0 Å². The Hall–Kier alpha value is -3.99. The van der Waals surface area contributed by atoms with Gasteiger partial charge in [-0.3, -0.25) is 4.57 Å². The first-order chi connectivity index (χ1) is 13.9. The summed E-state index contributed by atoms with van der Waals surface area (Å²) < 4.78 is 4.46. The largest absolute Gasteiger partial charge is 0.307 e. The molecule has 28 heavy (non-hydrogen) atoms. The normalized spacial score (nSPS) is 11.6. The van der Waals surface area contributed by atoms with Crippen LogP contribution in [0.15, 0.2) is 91.5 Å². The van der Waals surface area contributed by atoms with Crippen molar-refractivity contribution >= 4 is 32.8 Å². The molecule has 132 valence electrons. The van der Waals surface area contributed by atoms with Crippen LogP contribution in [0, 0.1) is 0 Å². The molecule has 0 bridgehead atoms. The van der Waals surface area contributed by atoms with Crippen molar-refractivity contribution in [3.63, 3.8) is 0 Å². The van der Waals surface area contributed by atoms with Crippen molar-refractivity contribution in [2.24, 2.45) is 0 Å². The van der Waals surface area contributed by atoms with E-state index in [1.807, 2.05) is 12.1 Å². The molecule has 0 aliphatic rings. The van der Waals surface area contributed by atoms with Crippen molar-refractivity contribution < 1.29 is 0 Å². The van der Waals surface area contributed by atoms with Gasteiger partial charge in [0.1, 0.15) is 12.7 Å². The van der Waals surface area contributed by atoms with E-state index in [2.05, 4.69) is 90.8 Å². The molecule has 0 radical (unpaired) electrons. The number of fused-ring (bicyclic) bond motifs is 5. The maximum Gasteiger partial charge on any atom is 0.237 e. The van der Waals surface area contributed by atoms with Crippen LogP contribution in [-0.4, -0.2) is 24.1 Å². The molecule has 0 atom stereocenters. The predicted molar refractivity (Wildman–Crippen MR) is 111 cm³/mol. The maximum atomic E-state index is 4.44. The van der Waals surface area contributed by atoms with Crippen LogP contribution in [0.4, 0.5) is 0 Å². The van der Waals surface area contributed by atoms with Gasteiger partial charge in [-0.1, -0.05) is 54.6 Å². The Morgan fingerprint density at radius 1 is 0.536 bits per heavy atom. The predicted octanol–water partition coefficient (Wildman–Crippen LogP) is 4.91. The standard InChI is InChI=1S/C23H15N5/c1-2-8-16(9-3-1)27-19-12-6-4-10-17(19)22-21(27)18-11-5-7-13-20(18)28(22)23-25-14-24-15-26-23/h1-15H. The number of hydrogen-bond acceptors (Lipinski definition) is 3. The summed E-state index contributed by atoms with van der Waals surface area (Å²) in [6, 6.07) is 27.3. The lowest BCUT2D eigenvalue weighted by Gasteiger charge is -2.07. The van der Waals surface area contributed by atoms with E-state index in [4.69, 9.17) is 0 Å². The van der Waals surface area contributed by atoms with Crippen LogP contribution in [0.5, 0.6) is 0 Å². The molecule has 0 saturated carbocycles. The van der Waals surface area contributed by atoms with Crippen LogP contribution in [0.3, 0.4) is 0 Å². The molecule has 5 nitrogen and oxygen atoms in total. The van der Waals surface area contributed by atoms with Crippen LogP contribution in [0.1, 0.15) is 0 Å². The molecule has 6 aromatic rings. The van der Waals surface area contributed by atoms with Crippen LogP contribution >= 0.6 is 0 Å². The molecule has 0 spiro atoms. The van der Waals surface area contributed by atoms with E-state index in [1.165, 1.54) is 0 Å². The van der Waals surface area contributed by atoms with Gasteiger partial charge in [0.05, 0.1) is 22.1 Å². The van der Waals surface area contributed by atoms with Crippen molar-refractivity contribution in [1.82, 2.24) is 24.1 Å². The molecule has 6 rings (SSSR count). The summed E-state index contributed by atoms with van der Waals surface area (Å²) >= 11 is 0. The fourth-order valence-electron chi connectivity index (χ4n) is 4.09. The van der Waals surface area contributed by atoms with Crippen molar-refractivity contribution in [2.75, 3.05) is 0 Å². The molecule has 0 fully saturated rings.